The molecule has 0 bridgehead atoms. The molecule has 0 fully saturated rings. The van der Waals surface area contributed by atoms with Crippen molar-refractivity contribution >= 4 is 11.9 Å². The van der Waals surface area contributed by atoms with Crippen LogP contribution in [0.1, 0.15) is 12.8 Å². The molecule has 0 aromatic carbocycles. The summed E-state index contributed by atoms with van der Waals surface area (Å²) in [4.78, 5) is 21.5. The lowest BCUT2D eigenvalue weighted by atomic mass is 10.3. The minimum absolute atomic E-state index is 0.121. The number of hydrogen-bond acceptors (Lipinski definition) is 4. The molecule has 0 aromatic rings. The van der Waals surface area contributed by atoms with E-state index in [4.69, 9.17) is 0 Å². The van der Waals surface area contributed by atoms with Gasteiger partial charge in [-0.1, -0.05) is 0 Å². The number of nitrogens with one attached hydrogen (secondary N) is 1. The lowest BCUT2D eigenvalue weighted by Crippen LogP contribution is -2.36. The van der Waals surface area contributed by atoms with Crippen LogP contribution < -0.4 is 5.43 Å². The second-order valence-corrected chi connectivity index (χ2v) is 2.51. The average Bonchev–Trinajstić information content (AvgIpc) is 1.99. The standard InChI is InChI=1S/C7H14N2O3/c1-9(2)8-6(10)4-5-7(11)12-3/h4-5H2,1-3H3,(H,8,10). The Kier molecular flexibility index (Phi) is 5.03. The van der Waals surface area contributed by atoms with Crippen LogP contribution in [0.5, 0.6) is 0 Å². The van der Waals surface area contributed by atoms with E-state index >= 15 is 0 Å². The van der Waals surface area contributed by atoms with Crippen LogP contribution in [0.15, 0.2) is 0 Å². The van der Waals surface area contributed by atoms with Crippen LogP contribution >= 0.6 is 0 Å². The molecular formula is C7H14N2O3. The van der Waals surface area contributed by atoms with Crippen molar-refractivity contribution in [3.05, 3.63) is 0 Å². The highest BCUT2D eigenvalue weighted by atomic mass is 16.5. The van der Waals surface area contributed by atoms with Crippen molar-refractivity contribution in [2.24, 2.45) is 0 Å². The van der Waals surface area contributed by atoms with Gasteiger partial charge in [0.2, 0.25) is 5.91 Å². The van der Waals surface area contributed by atoms with E-state index < -0.39 is 0 Å². The maximum absolute atomic E-state index is 10.9. The van der Waals surface area contributed by atoms with Gasteiger partial charge in [-0.15, -0.1) is 0 Å². The number of nitrogens with zero attached hydrogens (tertiary/aromatic N) is 1. The number of hydrogen-bond donors (Lipinski definition) is 1. The van der Waals surface area contributed by atoms with Crippen molar-refractivity contribution in [1.29, 1.82) is 0 Å². The highest BCUT2D eigenvalue weighted by Crippen LogP contribution is 1.91. The molecule has 0 unspecified atom stereocenters. The molecule has 0 aliphatic carbocycles. The molecule has 0 heterocycles. The van der Waals surface area contributed by atoms with E-state index in [0.717, 1.165) is 0 Å². The van der Waals surface area contributed by atoms with Crippen molar-refractivity contribution < 1.29 is 14.3 Å². The predicted octanol–water partition coefficient (Wildman–Crippen LogP) is -0.468. The van der Waals surface area contributed by atoms with Crippen molar-refractivity contribution in [2.45, 2.75) is 12.8 Å². The first-order valence-electron chi connectivity index (χ1n) is 3.60. The summed E-state index contributed by atoms with van der Waals surface area (Å²) in [5, 5.41) is 1.53. The fraction of sp³-hybridized carbons (Fsp3) is 0.714. The molecule has 5 nitrogen and oxygen atoms in total. The van der Waals surface area contributed by atoms with Gasteiger partial charge in [-0.05, 0) is 0 Å². The quantitative estimate of drug-likeness (QED) is 0.462. The number of carbonyl (C=O) groups is 2. The zero-order valence-corrected chi connectivity index (χ0v) is 7.59. The summed E-state index contributed by atoms with van der Waals surface area (Å²) >= 11 is 0. The largest absolute Gasteiger partial charge is 0.469 e. The third kappa shape index (κ3) is 5.67. The molecule has 0 spiro atoms. The number of esters is 1. The maximum Gasteiger partial charge on any atom is 0.306 e. The molecule has 0 rings (SSSR count). The monoisotopic (exact) mass is 174 g/mol. The SMILES string of the molecule is COC(=O)CCC(=O)NN(C)C. The minimum atomic E-state index is -0.371. The fourth-order valence-corrected chi connectivity index (χ4v) is 0.623. The van der Waals surface area contributed by atoms with Crippen LogP contribution in [-0.4, -0.2) is 38.1 Å². The van der Waals surface area contributed by atoms with Gasteiger partial charge in [0.15, 0.2) is 0 Å². The Hall–Kier alpha value is -1.10. The number of hydrazine groups is 1. The first-order chi connectivity index (χ1) is 5.56. The topological polar surface area (TPSA) is 58.6 Å². The van der Waals surface area contributed by atoms with Gasteiger partial charge in [0.1, 0.15) is 0 Å². The summed E-state index contributed by atoms with van der Waals surface area (Å²) < 4.78 is 4.37. The number of ether oxygens (including phenoxy) is 1. The van der Waals surface area contributed by atoms with E-state index in [9.17, 15) is 9.59 Å². The molecule has 70 valence electrons. The predicted molar refractivity (Wildman–Crippen MR) is 43.1 cm³/mol. The van der Waals surface area contributed by atoms with Crippen molar-refractivity contribution in [3.8, 4) is 0 Å². The number of amides is 1. The maximum atomic E-state index is 10.9. The first-order valence-corrected chi connectivity index (χ1v) is 3.60. The van der Waals surface area contributed by atoms with Crippen molar-refractivity contribution in [1.82, 2.24) is 10.4 Å². The molecule has 12 heavy (non-hydrogen) atoms. The lowest BCUT2D eigenvalue weighted by molar-refractivity contribution is -0.142. The molecule has 1 amide bonds. The summed E-state index contributed by atoms with van der Waals surface area (Å²) in [6.45, 7) is 0. The third-order valence-electron chi connectivity index (χ3n) is 1.13. The number of carbonyl (C=O) groups excluding carboxylic acids is 2. The smallest absolute Gasteiger partial charge is 0.306 e. The highest BCUT2D eigenvalue weighted by molar-refractivity contribution is 5.80. The van der Waals surface area contributed by atoms with Crippen LogP contribution in [0.2, 0.25) is 0 Å². The van der Waals surface area contributed by atoms with Gasteiger partial charge in [0, 0.05) is 20.5 Å². The second kappa shape index (κ2) is 5.54. The zero-order valence-electron chi connectivity index (χ0n) is 7.59. The molecule has 1 N–H and O–H groups in total. The van der Waals surface area contributed by atoms with Crippen LogP contribution in [-0.2, 0) is 14.3 Å². The van der Waals surface area contributed by atoms with Gasteiger partial charge in [0.25, 0.3) is 0 Å². The normalized spacial score (nSPS) is 9.67. The van der Waals surface area contributed by atoms with E-state index in [-0.39, 0.29) is 24.7 Å². The molecular weight excluding hydrogens is 160 g/mol. The Bertz CT molecular complexity index is 168. The Morgan fingerprint density at radius 1 is 1.33 bits per heavy atom. The van der Waals surface area contributed by atoms with Gasteiger partial charge in [-0.3, -0.25) is 15.0 Å². The van der Waals surface area contributed by atoms with Gasteiger partial charge in [0.05, 0.1) is 13.5 Å². The Morgan fingerprint density at radius 3 is 2.33 bits per heavy atom. The first kappa shape index (κ1) is 10.9. The van der Waals surface area contributed by atoms with E-state index in [1.165, 1.54) is 12.1 Å². The fourth-order valence-electron chi connectivity index (χ4n) is 0.623. The lowest BCUT2D eigenvalue weighted by Gasteiger charge is -2.10. The number of rotatable bonds is 4. The molecule has 0 saturated carbocycles. The zero-order chi connectivity index (χ0) is 9.56. The van der Waals surface area contributed by atoms with Crippen molar-refractivity contribution in [3.63, 3.8) is 0 Å². The minimum Gasteiger partial charge on any atom is -0.469 e. The van der Waals surface area contributed by atoms with Gasteiger partial charge >= 0.3 is 5.97 Å². The van der Waals surface area contributed by atoms with Gasteiger partial charge < -0.3 is 4.74 Å². The molecule has 0 radical (unpaired) electrons. The summed E-state index contributed by atoms with van der Waals surface area (Å²) in [7, 11) is 4.71. The molecule has 0 aliphatic heterocycles. The van der Waals surface area contributed by atoms with E-state index in [0.29, 0.717) is 0 Å². The highest BCUT2D eigenvalue weighted by Gasteiger charge is 2.06. The Balaban J connectivity index is 3.51. The summed E-state index contributed by atoms with van der Waals surface area (Å²) in [6, 6.07) is 0. The summed E-state index contributed by atoms with van der Waals surface area (Å²) in [5.74, 6) is -0.561. The van der Waals surface area contributed by atoms with Crippen LogP contribution in [0.4, 0.5) is 0 Å². The molecule has 0 saturated heterocycles. The van der Waals surface area contributed by atoms with E-state index in [1.807, 2.05) is 0 Å². The average molecular weight is 174 g/mol. The molecule has 0 aromatic heterocycles. The number of methoxy groups -OCH3 is 1. The Labute approximate surface area is 71.6 Å². The summed E-state index contributed by atoms with van der Waals surface area (Å²) in [5.41, 5.74) is 2.51. The third-order valence-corrected chi connectivity index (χ3v) is 1.13. The summed E-state index contributed by atoms with van der Waals surface area (Å²) in [6.07, 6.45) is 0.279. The molecule has 0 atom stereocenters. The Morgan fingerprint density at radius 2 is 1.92 bits per heavy atom. The second-order valence-electron chi connectivity index (χ2n) is 2.51. The van der Waals surface area contributed by atoms with Crippen LogP contribution in [0, 0.1) is 0 Å². The van der Waals surface area contributed by atoms with E-state index in [2.05, 4.69) is 10.2 Å². The molecule has 0 aliphatic rings. The molecule has 5 heteroatoms. The van der Waals surface area contributed by atoms with Crippen LogP contribution in [0.25, 0.3) is 0 Å². The van der Waals surface area contributed by atoms with Gasteiger partial charge in [-0.2, -0.15) is 0 Å². The van der Waals surface area contributed by atoms with Crippen molar-refractivity contribution in [2.75, 3.05) is 21.2 Å². The van der Waals surface area contributed by atoms with Gasteiger partial charge in [-0.25, -0.2) is 5.01 Å². The van der Waals surface area contributed by atoms with Crippen LogP contribution in [0.3, 0.4) is 0 Å². The van der Waals surface area contributed by atoms with E-state index in [1.54, 1.807) is 14.1 Å².